The predicted molar refractivity (Wildman–Crippen MR) is 77.2 cm³/mol. The Morgan fingerprint density at radius 1 is 0.952 bits per heavy atom. The first kappa shape index (κ1) is 12.7. The number of rotatable bonds is 3. The van der Waals surface area contributed by atoms with Gasteiger partial charge in [0.05, 0.1) is 0 Å². The highest BCUT2D eigenvalue weighted by atomic mass is 16.4. The lowest BCUT2D eigenvalue weighted by atomic mass is 9.97. The summed E-state index contributed by atoms with van der Waals surface area (Å²) < 4.78 is 5.83. The van der Waals surface area contributed by atoms with Gasteiger partial charge >= 0.3 is 0 Å². The summed E-state index contributed by atoms with van der Waals surface area (Å²) in [4.78, 5) is 11.0. The Bertz CT molecular complexity index is 611. The Morgan fingerprint density at radius 2 is 1.52 bits per heavy atom. The molecule has 2 fully saturated rings. The fourth-order valence-corrected chi connectivity index (χ4v) is 2.78. The van der Waals surface area contributed by atoms with Crippen LogP contribution in [0.2, 0.25) is 0 Å². The van der Waals surface area contributed by atoms with Gasteiger partial charge in [0.25, 0.3) is 0 Å². The predicted octanol–water partition coefficient (Wildman–Crippen LogP) is 2.43. The Balaban J connectivity index is 1.40. The summed E-state index contributed by atoms with van der Waals surface area (Å²) in [6.07, 6.45) is 8.17. The molecule has 0 N–H and O–H groups in total. The van der Waals surface area contributed by atoms with Gasteiger partial charge in [-0.05, 0) is 38.2 Å². The molecule has 0 spiro atoms. The molecule has 2 aromatic heterocycles. The van der Waals surface area contributed by atoms with E-state index in [0.29, 0.717) is 11.8 Å². The summed E-state index contributed by atoms with van der Waals surface area (Å²) in [6, 6.07) is 0. The van der Waals surface area contributed by atoms with E-state index in [1.807, 2.05) is 19.3 Å². The Labute approximate surface area is 123 Å². The molecule has 0 unspecified atom stereocenters. The number of hydrogen-bond donors (Lipinski definition) is 0. The van der Waals surface area contributed by atoms with E-state index >= 15 is 0 Å². The van der Waals surface area contributed by atoms with Crippen molar-refractivity contribution >= 4 is 5.95 Å². The maximum absolute atomic E-state index is 5.83. The van der Waals surface area contributed by atoms with Crippen molar-refractivity contribution in [2.24, 2.45) is 0 Å². The Hall–Kier alpha value is -1.98. The quantitative estimate of drug-likeness (QED) is 0.862. The first-order chi connectivity index (χ1) is 10.3. The molecule has 0 radical (unpaired) electrons. The van der Waals surface area contributed by atoms with Gasteiger partial charge < -0.3 is 9.32 Å². The fraction of sp³-hybridized carbons (Fsp3) is 0.600. The number of aryl methyl sites for hydroxylation is 1. The van der Waals surface area contributed by atoms with Crippen molar-refractivity contribution in [1.82, 2.24) is 20.2 Å². The molecule has 1 saturated heterocycles. The fourth-order valence-electron chi connectivity index (χ4n) is 2.78. The SMILES string of the molecule is Cc1cnc(N2CCC(c3nnc(C4CC4)o3)CC2)nc1. The summed E-state index contributed by atoms with van der Waals surface area (Å²) in [6.45, 7) is 3.88. The van der Waals surface area contributed by atoms with Crippen molar-refractivity contribution in [3.8, 4) is 0 Å². The number of hydrogen-bond acceptors (Lipinski definition) is 6. The topological polar surface area (TPSA) is 67.9 Å². The average molecular weight is 285 g/mol. The molecule has 2 aliphatic rings. The van der Waals surface area contributed by atoms with Gasteiger partial charge in [-0.25, -0.2) is 9.97 Å². The number of nitrogens with zero attached hydrogens (tertiary/aromatic N) is 5. The molecule has 1 saturated carbocycles. The first-order valence-electron chi connectivity index (χ1n) is 7.66. The second-order valence-electron chi connectivity index (χ2n) is 6.07. The molecule has 0 amide bonds. The monoisotopic (exact) mass is 285 g/mol. The smallest absolute Gasteiger partial charge is 0.225 e. The van der Waals surface area contributed by atoms with E-state index < -0.39 is 0 Å². The zero-order valence-corrected chi connectivity index (χ0v) is 12.2. The van der Waals surface area contributed by atoms with Crippen LogP contribution in [0.5, 0.6) is 0 Å². The van der Waals surface area contributed by atoms with Crippen molar-refractivity contribution in [3.05, 3.63) is 29.7 Å². The molecule has 0 aromatic carbocycles. The highest BCUT2D eigenvalue weighted by Gasteiger charge is 2.32. The van der Waals surface area contributed by atoms with Crippen LogP contribution in [0, 0.1) is 6.92 Å². The summed E-state index contributed by atoms with van der Waals surface area (Å²) in [7, 11) is 0. The van der Waals surface area contributed by atoms with Gasteiger partial charge in [-0.1, -0.05) is 0 Å². The molecule has 1 aliphatic heterocycles. The van der Waals surface area contributed by atoms with Crippen LogP contribution in [-0.2, 0) is 0 Å². The van der Waals surface area contributed by atoms with E-state index in [4.69, 9.17) is 4.42 Å². The maximum atomic E-state index is 5.83. The van der Waals surface area contributed by atoms with Crippen LogP contribution in [-0.4, -0.2) is 33.3 Å². The molecule has 3 heterocycles. The van der Waals surface area contributed by atoms with Crippen LogP contribution < -0.4 is 4.90 Å². The molecule has 4 rings (SSSR count). The van der Waals surface area contributed by atoms with Crippen LogP contribution in [0.3, 0.4) is 0 Å². The number of anilines is 1. The van der Waals surface area contributed by atoms with Crippen LogP contribution in [0.4, 0.5) is 5.95 Å². The van der Waals surface area contributed by atoms with Crippen LogP contribution in [0.25, 0.3) is 0 Å². The zero-order chi connectivity index (χ0) is 14.2. The Kier molecular flexibility index (Phi) is 3.09. The first-order valence-corrected chi connectivity index (χ1v) is 7.66. The lowest BCUT2D eigenvalue weighted by Gasteiger charge is -2.30. The van der Waals surface area contributed by atoms with E-state index in [-0.39, 0.29) is 0 Å². The third-order valence-corrected chi connectivity index (χ3v) is 4.28. The van der Waals surface area contributed by atoms with Gasteiger partial charge in [-0.3, -0.25) is 0 Å². The minimum Gasteiger partial charge on any atom is -0.425 e. The molecule has 2 aromatic rings. The van der Waals surface area contributed by atoms with Crippen molar-refractivity contribution in [2.45, 2.75) is 44.4 Å². The Morgan fingerprint density at radius 3 is 2.10 bits per heavy atom. The van der Waals surface area contributed by atoms with Gasteiger partial charge in [0.2, 0.25) is 17.7 Å². The lowest BCUT2D eigenvalue weighted by molar-refractivity contribution is 0.374. The molecule has 0 atom stereocenters. The summed E-state index contributed by atoms with van der Waals surface area (Å²) >= 11 is 0. The summed E-state index contributed by atoms with van der Waals surface area (Å²) in [5.41, 5.74) is 1.09. The molecule has 1 aliphatic carbocycles. The third kappa shape index (κ3) is 2.62. The van der Waals surface area contributed by atoms with Crippen LogP contribution >= 0.6 is 0 Å². The molecular formula is C15H19N5O. The van der Waals surface area contributed by atoms with Gasteiger partial charge in [-0.2, -0.15) is 0 Å². The van der Waals surface area contributed by atoms with Crippen molar-refractivity contribution in [2.75, 3.05) is 18.0 Å². The molecular weight excluding hydrogens is 266 g/mol. The molecule has 0 bridgehead atoms. The maximum Gasteiger partial charge on any atom is 0.225 e. The standard InChI is InChI=1S/C15H19N5O/c1-10-8-16-15(17-9-10)20-6-4-12(5-7-20)14-19-18-13(21-14)11-2-3-11/h8-9,11-12H,2-7H2,1H3. The van der Waals surface area contributed by atoms with Crippen LogP contribution in [0.15, 0.2) is 16.8 Å². The normalized spacial score (nSPS) is 20.0. The van der Waals surface area contributed by atoms with Crippen molar-refractivity contribution < 1.29 is 4.42 Å². The van der Waals surface area contributed by atoms with Crippen molar-refractivity contribution in [3.63, 3.8) is 0 Å². The van der Waals surface area contributed by atoms with E-state index in [2.05, 4.69) is 25.1 Å². The minimum absolute atomic E-state index is 0.381. The summed E-state index contributed by atoms with van der Waals surface area (Å²) in [5, 5.41) is 8.43. The second-order valence-corrected chi connectivity index (χ2v) is 6.07. The largest absolute Gasteiger partial charge is 0.425 e. The van der Waals surface area contributed by atoms with Crippen LogP contribution in [0.1, 0.15) is 54.9 Å². The number of aromatic nitrogens is 4. The van der Waals surface area contributed by atoms with Gasteiger partial charge in [-0.15, -0.1) is 10.2 Å². The lowest BCUT2D eigenvalue weighted by Crippen LogP contribution is -2.34. The van der Waals surface area contributed by atoms with Gasteiger partial charge in [0.1, 0.15) is 0 Å². The minimum atomic E-state index is 0.381. The third-order valence-electron chi connectivity index (χ3n) is 4.28. The van der Waals surface area contributed by atoms with Gasteiger partial charge in [0.15, 0.2) is 0 Å². The molecule has 21 heavy (non-hydrogen) atoms. The molecule has 110 valence electrons. The zero-order valence-electron chi connectivity index (χ0n) is 12.2. The highest BCUT2D eigenvalue weighted by Crippen LogP contribution is 2.40. The van der Waals surface area contributed by atoms with Gasteiger partial charge in [0, 0.05) is 37.3 Å². The summed E-state index contributed by atoms with van der Waals surface area (Å²) in [5.74, 6) is 3.40. The second kappa shape index (κ2) is 5.09. The van der Waals surface area contributed by atoms with E-state index in [9.17, 15) is 0 Å². The van der Waals surface area contributed by atoms with E-state index in [1.165, 1.54) is 12.8 Å². The van der Waals surface area contributed by atoms with E-state index in [1.54, 1.807) is 0 Å². The average Bonchev–Trinajstić information content (AvgIpc) is 3.26. The van der Waals surface area contributed by atoms with Crippen molar-refractivity contribution in [1.29, 1.82) is 0 Å². The number of piperidine rings is 1. The van der Waals surface area contributed by atoms with E-state index in [0.717, 1.165) is 49.2 Å². The molecule has 6 nitrogen and oxygen atoms in total. The molecule has 6 heteroatoms. The highest BCUT2D eigenvalue weighted by molar-refractivity contribution is 5.30.